The highest BCUT2D eigenvalue weighted by atomic mass is 79.9. The van der Waals surface area contributed by atoms with Crippen molar-refractivity contribution in [3.05, 3.63) is 10.8 Å². The van der Waals surface area contributed by atoms with Gasteiger partial charge in [0, 0.05) is 13.1 Å². The molecule has 5 heteroatoms. The van der Waals surface area contributed by atoms with E-state index in [1.54, 1.807) is 0 Å². The zero-order valence-electron chi connectivity index (χ0n) is 10.2. The Kier molecular flexibility index (Phi) is 4.20. The van der Waals surface area contributed by atoms with Crippen LogP contribution in [0.5, 0.6) is 0 Å². The lowest BCUT2D eigenvalue weighted by Crippen LogP contribution is -2.34. The average molecular weight is 299 g/mol. The maximum absolute atomic E-state index is 5.78. The fourth-order valence-electron chi connectivity index (χ4n) is 2.44. The van der Waals surface area contributed by atoms with E-state index < -0.39 is 0 Å². The molecule has 0 unspecified atom stereocenters. The Labute approximate surface area is 111 Å². The van der Waals surface area contributed by atoms with Crippen LogP contribution in [0.2, 0.25) is 0 Å². The zero-order chi connectivity index (χ0) is 12.3. The maximum atomic E-state index is 5.78. The molecule has 0 atom stereocenters. The molecule has 94 valence electrons. The van der Waals surface area contributed by atoms with Crippen LogP contribution in [-0.4, -0.2) is 23.1 Å². The Morgan fingerprint density at radius 3 is 2.76 bits per heavy atom. The van der Waals surface area contributed by atoms with Crippen molar-refractivity contribution >= 4 is 27.6 Å². The third kappa shape index (κ3) is 2.89. The molecule has 0 aromatic carbocycles. The first-order valence-corrected chi connectivity index (χ1v) is 7.02. The van der Waals surface area contributed by atoms with Gasteiger partial charge in [-0.15, -0.1) is 0 Å². The topological polar surface area (TPSA) is 55.0 Å². The summed E-state index contributed by atoms with van der Waals surface area (Å²) < 4.78 is 0.828. The third-order valence-electron chi connectivity index (χ3n) is 3.41. The molecule has 0 saturated carbocycles. The number of nitrogens with two attached hydrogens (primary N) is 1. The quantitative estimate of drug-likeness (QED) is 0.932. The Morgan fingerprint density at radius 2 is 2.12 bits per heavy atom. The second-order valence-corrected chi connectivity index (χ2v) is 5.41. The van der Waals surface area contributed by atoms with Gasteiger partial charge in [-0.1, -0.05) is 19.8 Å². The van der Waals surface area contributed by atoms with E-state index in [1.807, 2.05) is 0 Å². The number of hydrogen-bond acceptors (Lipinski definition) is 4. The number of aromatic nitrogens is 2. The van der Waals surface area contributed by atoms with Crippen LogP contribution < -0.4 is 10.6 Å². The first-order chi connectivity index (χ1) is 8.22. The molecule has 0 spiro atoms. The SMILES string of the molecule is CCCC1CCN(c2ncnc(N)c2Br)CC1. The van der Waals surface area contributed by atoms with E-state index in [1.165, 1.54) is 32.0 Å². The monoisotopic (exact) mass is 298 g/mol. The van der Waals surface area contributed by atoms with Gasteiger partial charge in [0.1, 0.15) is 22.4 Å². The van der Waals surface area contributed by atoms with Crippen LogP contribution in [-0.2, 0) is 0 Å². The van der Waals surface area contributed by atoms with Gasteiger partial charge >= 0.3 is 0 Å². The van der Waals surface area contributed by atoms with E-state index in [4.69, 9.17) is 5.73 Å². The molecule has 1 aliphatic rings. The molecule has 1 aromatic heterocycles. The molecule has 0 amide bonds. The van der Waals surface area contributed by atoms with Gasteiger partial charge in [0.25, 0.3) is 0 Å². The number of anilines is 2. The van der Waals surface area contributed by atoms with Gasteiger partial charge in [-0.2, -0.15) is 0 Å². The van der Waals surface area contributed by atoms with E-state index >= 15 is 0 Å². The third-order valence-corrected chi connectivity index (χ3v) is 4.17. The molecule has 0 radical (unpaired) electrons. The Bertz CT molecular complexity index is 375. The number of nitrogen functional groups attached to an aromatic ring is 1. The molecule has 2 heterocycles. The molecule has 0 bridgehead atoms. The summed E-state index contributed by atoms with van der Waals surface area (Å²) in [6.45, 7) is 4.40. The van der Waals surface area contributed by atoms with E-state index in [-0.39, 0.29) is 0 Å². The Balaban J connectivity index is 2.03. The number of nitrogens with zero attached hydrogens (tertiary/aromatic N) is 3. The van der Waals surface area contributed by atoms with Crippen LogP contribution in [0.4, 0.5) is 11.6 Å². The molecule has 1 aromatic rings. The summed E-state index contributed by atoms with van der Waals surface area (Å²) in [4.78, 5) is 10.6. The fourth-order valence-corrected chi connectivity index (χ4v) is 2.89. The maximum Gasteiger partial charge on any atom is 0.148 e. The van der Waals surface area contributed by atoms with E-state index in [0.717, 1.165) is 29.3 Å². The highest BCUT2D eigenvalue weighted by Gasteiger charge is 2.21. The summed E-state index contributed by atoms with van der Waals surface area (Å²) in [6, 6.07) is 0. The van der Waals surface area contributed by atoms with Crippen molar-refractivity contribution in [2.75, 3.05) is 23.7 Å². The first kappa shape index (κ1) is 12.6. The normalized spacial score (nSPS) is 17.4. The molecule has 2 N–H and O–H groups in total. The lowest BCUT2D eigenvalue weighted by molar-refractivity contribution is 0.377. The highest BCUT2D eigenvalue weighted by molar-refractivity contribution is 9.10. The van der Waals surface area contributed by atoms with Gasteiger partial charge in [0.15, 0.2) is 0 Å². The average Bonchev–Trinajstić information content (AvgIpc) is 2.34. The summed E-state index contributed by atoms with van der Waals surface area (Å²) >= 11 is 3.47. The molecule has 1 fully saturated rings. The number of piperidine rings is 1. The van der Waals surface area contributed by atoms with Gasteiger partial charge in [-0.25, -0.2) is 9.97 Å². The van der Waals surface area contributed by atoms with Crippen LogP contribution >= 0.6 is 15.9 Å². The second-order valence-electron chi connectivity index (χ2n) is 4.62. The van der Waals surface area contributed by atoms with Gasteiger partial charge in [-0.3, -0.25) is 0 Å². The summed E-state index contributed by atoms with van der Waals surface area (Å²) in [5.74, 6) is 2.34. The smallest absolute Gasteiger partial charge is 0.148 e. The molecule has 2 rings (SSSR count). The predicted octanol–water partition coefficient (Wildman–Crippen LogP) is 2.84. The first-order valence-electron chi connectivity index (χ1n) is 6.23. The number of rotatable bonds is 3. The van der Waals surface area contributed by atoms with Gasteiger partial charge in [0.05, 0.1) is 0 Å². The minimum absolute atomic E-state index is 0.519. The van der Waals surface area contributed by atoms with E-state index in [9.17, 15) is 0 Å². The van der Waals surface area contributed by atoms with Crippen LogP contribution in [0, 0.1) is 5.92 Å². The molecular weight excluding hydrogens is 280 g/mol. The van der Waals surface area contributed by atoms with Crippen molar-refractivity contribution in [1.82, 2.24) is 9.97 Å². The van der Waals surface area contributed by atoms with Crippen LogP contribution in [0.3, 0.4) is 0 Å². The molecule has 1 saturated heterocycles. The number of halogens is 1. The summed E-state index contributed by atoms with van der Waals surface area (Å²) in [7, 11) is 0. The second kappa shape index (κ2) is 5.67. The fraction of sp³-hybridized carbons (Fsp3) is 0.667. The lowest BCUT2D eigenvalue weighted by Gasteiger charge is -2.33. The van der Waals surface area contributed by atoms with Crippen LogP contribution in [0.1, 0.15) is 32.6 Å². The largest absolute Gasteiger partial charge is 0.383 e. The molecule has 4 nitrogen and oxygen atoms in total. The van der Waals surface area contributed by atoms with Crippen molar-refractivity contribution in [2.24, 2.45) is 5.92 Å². The van der Waals surface area contributed by atoms with Crippen molar-refractivity contribution in [3.8, 4) is 0 Å². The van der Waals surface area contributed by atoms with Gasteiger partial charge < -0.3 is 10.6 Å². The summed E-state index contributed by atoms with van der Waals surface area (Å²) in [5.41, 5.74) is 5.78. The predicted molar refractivity (Wildman–Crippen MR) is 74.0 cm³/mol. The molecule has 17 heavy (non-hydrogen) atoms. The standard InChI is InChI=1S/C12H19BrN4/c1-2-3-9-4-6-17(7-5-9)12-10(13)11(14)15-8-16-12/h8-9H,2-7H2,1H3,(H2,14,15,16). The van der Waals surface area contributed by atoms with Gasteiger partial charge in [0.2, 0.25) is 0 Å². The lowest BCUT2D eigenvalue weighted by atomic mass is 9.92. The minimum atomic E-state index is 0.519. The minimum Gasteiger partial charge on any atom is -0.383 e. The van der Waals surface area contributed by atoms with Crippen molar-refractivity contribution < 1.29 is 0 Å². The van der Waals surface area contributed by atoms with Crippen LogP contribution in [0.25, 0.3) is 0 Å². The Morgan fingerprint density at radius 1 is 1.41 bits per heavy atom. The molecule has 1 aliphatic heterocycles. The van der Waals surface area contributed by atoms with Gasteiger partial charge in [-0.05, 0) is 34.7 Å². The van der Waals surface area contributed by atoms with Crippen molar-refractivity contribution in [2.45, 2.75) is 32.6 Å². The molecular formula is C12H19BrN4. The van der Waals surface area contributed by atoms with E-state index in [2.05, 4.69) is 37.7 Å². The Hall–Kier alpha value is -0.840. The van der Waals surface area contributed by atoms with Crippen molar-refractivity contribution in [3.63, 3.8) is 0 Å². The highest BCUT2D eigenvalue weighted by Crippen LogP contribution is 2.31. The summed E-state index contributed by atoms with van der Waals surface area (Å²) in [6.07, 6.45) is 6.68. The van der Waals surface area contributed by atoms with Crippen LogP contribution in [0.15, 0.2) is 10.8 Å². The number of hydrogen-bond donors (Lipinski definition) is 1. The van der Waals surface area contributed by atoms with Crippen molar-refractivity contribution in [1.29, 1.82) is 0 Å². The van der Waals surface area contributed by atoms with E-state index in [0.29, 0.717) is 5.82 Å². The summed E-state index contributed by atoms with van der Waals surface area (Å²) in [5, 5.41) is 0. The molecule has 0 aliphatic carbocycles. The zero-order valence-corrected chi connectivity index (χ0v) is 11.8.